The van der Waals surface area contributed by atoms with Crippen molar-refractivity contribution in [1.82, 2.24) is 5.32 Å². The van der Waals surface area contributed by atoms with Crippen molar-refractivity contribution in [1.29, 1.82) is 0 Å². The first-order valence-electron chi connectivity index (χ1n) is 5.81. The number of unbranched alkanes of at least 4 members (excludes halogenated alkanes) is 1. The number of rotatable bonds is 6. The first kappa shape index (κ1) is 15.9. The standard InChI is InChI=1S/C13H20N2O.ClH/c1-2-3-9-15-13(16)10-12(14)11-7-5-4-6-8-11;/h4-8,12H,2-3,9-10,14H2,1H3,(H,15,16);1H. The van der Waals surface area contributed by atoms with Gasteiger partial charge < -0.3 is 11.1 Å². The van der Waals surface area contributed by atoms with Gasteiger partial charge in [0.05, 0.1) is 0 Å². The lowest BCUT2D eigenvalue weighted by Gasteiger charge is -2.11. The molecule has 1 aromatic carbocycles. The van der Waals surface area contributed by atoms with Gasteiger partial charge in [0.1, 0.15) is 0 Å². The third-order valence-corrected chi connectivity index (χ3v) is 2.49. The van der Waals surface area contributed by atoms with Gasteiger partial charge in [0.2, 0.25) is 5.91 Å². The van der Waals surface area contributed by atoms with E-state index in [4.69, 9.17) is 5.73 Å². The third kappa shape index (κ3) is 6.29. The summed E-state index contributed by atoms with van der Waals surface area (Å²) in [6.45, 7) is 2.85. The summed E-state index contributed by atoms with van der Waals surface area (Å²) in [5.41, 5.74) is 6.95. The maximum atomic E-state index is 11.5. The van der Waals surface area contributed by atoms with Crippen molar-refractivity contribution in [2.75, 3.05) is 6.54 Å². The Morgan fingerprint density at radius 1 is 1.35 bits per heavy atom. The fraction of sp³-hybridized carbons (Fsp3) is 0.462. The molecular weight excluding hydrogens is 236 g/mol. The van der Waals surface area contributed by atoms with Crippen LogP contribution in [-0.4, -0.2) is 12.5 Å². The van der Waals surface area contributed by atoms with Gasteiger partial charge in [-0.2, -0.15) is 0 Å². The summed E-state index contributed by atoms with van der Waals surface area (Å²) in [6, 6.07) is 9.50. The number of carbonyl (C=O) groups excluding carboxylic acids is 1. The predicted octanol–water partition coefficient (Wildman–Crippen LogP) is 2.41. The molecule has 0 aliphatic rings. The van der Waals surface area contributed by atoms with E-state index in [1.165, 1.54) is 0 Å². The molecule has 0 aliphatic heterocycles. The third-order valence-electron chi connectivity index (χ3n) is 2.49. The minimum atomic E-state index is -0.206. The van der Waals surface area contributed by atoms with E-state index in [-0.39, 0.29) is 24.4 Å². The zero-order chi connectivity index (χ0) is 11.8. The Morgan fingerprint density at radius 3 is 2.59 bits per heavy atom. The van der Waals surface area contributed by atoms with Gasteiger partial charge in [-0.3, -0.25) is 4.79 Å². The van der Waals surface area contributed by atoms with Crippen LogP contribution in [0.5, 0.6) is 0 Å². The molecule has 0 heterocycles. The molecule has 3 nitrogen and oxygen atoms in total. The highest BCUT2D eigenvalue weighted by atomic mass is 35.5. The molecule has 1 aromatic rings. The van der Waals surface area contributed by atoms with Crippen molar-refractivity contribution in [3.05, 3.63) is 35.9 Å². The summed E-state index contributed by atoms with van der Waals surface area (Å²) >= 11 is 0. The molecule has 1 unspecified atom stereocenters. The second kappa shape index (κ2) is 9.02. The van der Waals surface area contributed by atoms with Crippen LogP contribution in [0.2, 0.25) is 0 Å². The van der Waals surface area contributed by atoms with Crippen LogP contribution in [0.4, 0.5) is 0 Å². The van der Waals surface area contributed by atoms with E-state index < -0.39 is 0 Å². The molecule has 0 spiro atoms. The quantitative estimate of drug-likeness (QED) is 0.768. The van der Waals surface area contributed by atoms with Gasteiger partial charge in [0, 0.05) is 19.0 Å². The number of hydrogen-bond donors (Lipinski definition) is 2. The first-order chi connectivity index (χ1) is 7.74. The fourth-order valence-corrected chi connectivity index (χ4v) is 1.49. The van der Waals surface area contributed by atoms with Crippen LogP contribution in [0.1, 0.15) is 37.8 Å². The molecule has 3 N–H and O–H groups in total. The largest absolute Gasteiger partial charge is 0.356 e. The zero-order valence-electron chi connectivity index (χ0n) is 10.2. The van der Waals surface area contributed by atoms with E-state index in [2.05, 4.69) is 12.2 Å². The van der Waals surface area contributed by atoms with E-state index >= 15 is 0 Å². The lowest BCUT2D eigenvalue weighted by Crippen LogP contribution is -2.28. The summed E-state index contributed by atoms with van der Waals surface area (Å²) in [6.07, 6.45) is 2.46. The first-order valence-corrected chi connectivity index (χ1v) is 5.81. The molecule has 1 amide bonds. The zero-order valence-corrected chi connectivity index (χ0v) is 11.0. The molecule has 1 rings (SSSR count). The topological polar surface area (TPSA) is 55.1 Å². The molecule has 0 fully saturated rings. The van der Waals surface area contributed by atoms with Crippen LogP contribution >= 0.6 is 12.4 Å². The van der Waals surface area contributed by atoms with Crippen LogP contribution in [0.15, 0.2) is 30.3 Å². The Balaban J connectivity index is 0.00000256. The SMILES string of the molecule is CCCCNC(=O)CC(N)c1ccccc1.Cl. The van der Waals surface area contributed by atoms with Gasteiger partial charge in [-0.15, -0.1) is 12.4 Å². The Bertz CT molecular complexity index is 316. The van der Waals surface area contributed by atoms with Crippen LogP contribution < -0.4 is 11.1 Å². The summed E-state index contributed by atoms with van der Waals surface area (Å²) in [4.78, 5) is 11.5. The van der Waals surface area contributed by atoms with E-state index in [1.807, 2.05) is 30.3 Å². The fourth-order valence-electron chi connectivity index (χ4n) is 1.49. The minimum Gasteiger partial charge on any atom is -0.356 e. The normalized spacial score (nSPS) is 11.4. The van der Waals surface area contributed by atoms with Crippen molar-refractivity contribution in [3.8, 4) is 0 Å². The lowest BCUT2D eigenvalue weighted by atomic mass is 10.0. The molecule has 0 radical (unpaired) electrons. The lowest BCUT2D eigenvalue weighted by molar-refractivity contribution is -0.121. The van der Waals surface area contributed by atoms with Gasteiger partial charge in [0.25, 0.3) is 0 Å². The van der Waals surface area contributed by atoms with Gasteiger partial charge >= 0.3 is 0 Å². The average Bonchev–Trinajstić information content (AvgIpc) is 2.30. The van der Waals surface area contributed by atoms with Gasteiger partial charge in [-0.25, -0.2) is 0 Å². The molecule has 0 saturated carbocycles. The second-order valence-corrected chi connectivity index (χ2v) is 3.92. The summed E-state index contributed by atoms with van der Waals surface area (Å²) < 4.78 is 0. The van der Waals surface area contributed by atoms with Crippen molar-refractivity contribution in [2.24, 2.45) is 5.73 Å². The Kier molecular flexibility index (Phi) is 8.46. The van der Waals surface area contributed by atoms with E-state index in [1.54, 1.807) is 0 Å². The molecule has 4 heteroatoms. The molecule has 1 atom stereocenters. The number of nitrogens with one attached hydrogen (secondary N) is 1. The van der Waals surface area contributed by atoms with Crippen LogP contribution in [0.25, 0.3) is 0 Å². The molecule has 0 bridgehead atoms. The summed E-state index contributed by atoms with van der Waals surface area (Å²) in [7, 11) is 0. The van der Waals surface area contributed by atoms with Crippen LogP contribution in [0, 0.1) is 0 Å². The number of amides is 1. The average molecular weight is 257 g/mol. The minimum absolute atomic E-state index is 0. The predicted molar refractivity (Wildman–Crippen MR) is 73.2 cm³/mol. The molecule has 0 aliphatic carbocycles. The maximum absolute atomic E-state index is 11.5. The van der Waals surface area contributed by atoms with Crippen molar-refractivity contribution >= 4 is 18.3 Å². The van der Waals surface area contributed by atoms with Gasteiger partial charge in [0.15, 0.2) is 0 Å². The highest BCUT2D eigenvalue weighted by Crippen LogP contribution is 2.12. The van der Waals surface area contributed by atoms with Gasteiger partial charge in [-0.05, 0) is 12.0 Å². The summed E-state index contributed by atoms with van der Waals surface area (Å²) in [5.74, 6) is 0.0322. The van der Waals surface area contributed by atoms with Crippen molar-refractivity contribution < 1.29 is 4.79 Å². The van der Waals surface area contributed by atoms with E-state index in [0.29, 0.717) is 6.42 Å². The maximum Gasteiger partial charge on any atom is 0.221 e. The molecule has 96 valence electrons. The number of halogens is 1. The molecular formula is C13H21ClN2O. The molecule has 0 aromatic heterocycles. The second-order valence-electron chi connectivity index (χ2n) is 3.92. The van der Waals surface area contributed by atoms with Gasteiger partial charge in [-0.1, -0.05) is 43.7 Å². The Labute approximate surface area is 109 Å². The number of benzene rings is 1. The highest BCUT2D eigenvalue weighted by Gasteiger charge is 2.10. The smallest absolute Gasteiger partial charge is 0.221 e. The van der Waals surface area contributed by atoms with Crippen LogP contribution in [0.3, 0.4) is 0 Å². The highest BCUT2D eigenvalue weighted by molar-refractivity contribution is 5.85. The Morgan fingerprint density at radius 2 is 2.00 bits per heavy atom. The molecule has 17 heavy (non-hydrogen) atoms. The molecule has 0 saturated heterocycles. The van der Waals surface area contributed by atoms with E-state index in [0.717, 1.165) is 24.9 Å². The van der Waals surface area contributed by atoms with Crippen molar-refractivity contribution in [3.63, 3.8) is 0 Å². The number of nitrogens with two attached hydrogens (primary N) is 1. The van der Waals surface area contributed by atoms with E-state index in [9.17, 15) is 4.79 Å². The monoisotopic (exact) mass is 256 g/mol. The van der Waals surface area contributed by atoms with Crippen LogP contribution in [-0.2, 0) is 4.79 Å². The number of carbonyl (C=O) groups is 1. The van der Waals surface area contributed by atoms with Crippen molar-refractivity contribution in [2.45, 2.75) is 32.2 Å². The number of hydrogen-bond acceptors (Lipinski definition) is 2. The Hall–Kier alpha value is -1.06. The summed E-state index contributed by atoms with van der Waals surface area (Å²) in [5, 5.41) is 2.87.